The average molecular weight is 451 g/mol. The van der Waals surface area contributed by atoms with Gasteiger partial charge in [0.05, 0.1) is 11.0 Å². The predicted octanol–water partition coefficient (Wildman–Crippen LogP) is 4.12. The van der Waals surface area contributed by atoms with Gasteiger partial charge in [0.2, 0.25) is 6.79 Å². The molecule has 1 aliphatic heterocycles. The molecular formula is C26H21N5O3. The van der Waals surface area contributed by atoms with Crippen LogP contribution < -0.4 is 20.5 Å². The summed E-state index contributed by atoms with van der Waals surface area (Å²) in [6.45, 7) is 2.52. The monoisotopic (exact) mass is 451 g/mol. The number of benzene rings is 3. The molecule has 0 aliphatic carbocycles. The average Bonchev–Trinajstić information content (AvgIpc) is 3.43. The number of fused-ring (bicyclic) bond motifs is 3. The molecular weight excluding hydrogens is 430 g/mol. The first-order valence-electron chi connectivity index (χ1n) is 10.9. The van der Waals surface area contributed by atoms with Gasteiger partial charge in [-0.25, -0.2) is 9.97 Å². The molecule has 0 saturated heterocycles. The zero-order chi connectivity index (χ0) is 23.2. The second kappa shape index (κ2) is 7.77. The topological polar surface area (TPSA) is 104 Å². The van der Waals surface area contributed by atoms with Gasteiger partial charge in [0.15, 0.2) is 17.1 Å². The Kier molecular flexibility index (Phi) is 4.58. The van der Waals surface area contributed by atoms with E-state index in [0.29, 0.717) is 40.3 Å². The molecule has 1 aliphatic rings. The fourth-order valence-corrected chi connectivity index (χ4v) is 4.16. The molecule has 0 unspecified atom stereocenters. The number of ether oxygens (including phenoxy) is 2. The zero-order valence-corrected chi connectivity index (χ0v) is 18.4. The summed E-state index contributed by atoms with van der Waals surface area (Å²) in [4.78, 5) is 23.0. The largest absolute Gasteiger partial charge is 0.454 e. The van der Waals surface area contributed by atoms with E-state index in [-0.39, 0.29) is 18.5 Å². The number of hydrogen-bond donors (Lipinski definition) is 2. The number of anilines is 1. The summed E-state index contributed by atoms with van der Waals surface area (Å²) in [6, 6.07) is 21.0. The fraction of sp³-hybridized carbons (Fsp3) is 0.115. The van der Waals surface area contributed by atoms with Crippen molar-refractivity contribution >= 4 is 33.9 Å². The fourth-order valence-electron chi connectivity index (χ4n) is 4.16. The van der Waals surface area contributed by atoms with Crippen molar-refractivity contribution in [1.29, 1.82) is 0 Å². The molecule has 0 atom stereocenters. The van der Waals surface area contributed by atoms with Crippen molar-refractivity contribution in [1.82, 2.24) is 19.9 Å². The Morgan fingerprint density at radius 1 is 1.00 bits per heavy atom. The van der Waals surface area contributed by atoms with Crippen LogP contribution in [-0.2, 0) is 6.54 Å². The number of hydrogen-bond acceptors (Lipinski definition) is 6. The molecule has 0 bridgehead atoms. The van der Waals surface area contributed by atoms with Gasteiger partial charge in [0.1, 0.15) is 16.9 Å². The lowest BCUT2D eigenvalue weighted by Crippen LogP contribution is -2.24. The van der Waals surface area contributed by atoms with E-state index in [1.807, 2.05) is 73.7 Å². The quantitative estimate of drug-likeness (QED) is 0.426. The molecule has 8 heteroatoms. The summed E-state index contributed by atoms with van der Waals surface area (Å²) in [5.41, 5.74) is 12.1. The van der Waals surface area contributed by atoms with Gasteiger partial charge in [-0.05, 0) is 48.9 Å². The molecule has 3 aromatic carbocycles. The Bertz CT molecular complexity index is 1570. The molecule has 0 radical (unpaired) electrons. The molecule has 1 amide bonds. The maximum atomic E-state index is 13.4. The molecule has 0 saturated carbocycles. The van der Waals surface area contributed by atoms with Crippen molar-refractivity contribution in [3.05, 3.63) is 83.4 Å². The summed E-state index contributed by atoms with van der Waals surface area (Å²) in [5, 5.41) is 2.96. The van der Waals surface area contributed by atoms with Crippen LogP contribution >= 0.6 is 0 Å². The van der Waals surface area contributed by atoms with Crippen molar-refractivity contribution in [2.45, 2.75) is 13.5 Å². The van der Waals surface area contributed by atoms with Gasteiger partial charge >= 0.3 is 0 Å². The summed E-state index contributed by atoms with van der Waals surface area (Å²) < 4.78 is 12.6. The number of nitrogens with zero attached hydrogens (tertiary/aromatic N) is 3. The number of carbonyl (C=O) groups excluding carboxylic acids is 1. The van der Waals surface area contributed by atoms with Gasteiger partial charge in [-0.2, -0.15) is 0 Å². The van der Waals surface area contributed by atoms with Crippen molar-refractivity contribution < 1.29 is 14.3 Å². The van der Waals surface area contributed by atoms with Gasteiger partial charge in [0.25, 0.3) is 5.91 Å². The minimum Gasteiger partial charge on any atom is -0.454 e. The normalized spacial score (nSPS) is 12.4. The summed E-state index contributed by atoms with van der Waals surface area (Å²) in [5.74, 6) is 1.33. The van der Waals surface area contributed by atoms with Crippen LogP contribution in [0.4, 0.5) is 5.82 Å². The number of nitrogens with two attached hydrogens (primary N) is 1. The molecule has 2 aromatic heterocycles. The van der Waals surface area contributed by atoms with Crippen molar-refractivity contribution in [2.75, 3.05) is 12.5 Å². The maximum Gasteiger partial charge on any atom is 0.257 e. The third-order valence-electron chi connectivity index (χ3n) is 5.91. The van der Waals surface area contributed by atoms with E-state index < -0.39 is 0 Å². The molecule has 34 heavy (non-hydrogen) atoms. The molecule has 6 rings (SSSR count). The number of amides is 1. The van der Waals surface area contributed by atoms with E-state index in [2.05, 4.69) is 5.32 Å². The first-order chi connectivity index (χ1) is 16.6. The molecule has 3 heterocycles. The first kappa shape index (κ1) is 20.0. The van der Waals surface area contributed by atoms with Crippen molar-refractivity contribution in [3.8, 4) is 17.2 Å². The van der Waals surface area contributed by atoms with Crippen LogP contribution in [0.5, 0.6) is 11.5 Å². The minimum atomic E-state index is -0.324. The smallest absolute Gasteiger partial charge is 0.257 e. The minimum absolute atomic E-state index is 0.201. The molecule has 3 N–H and O–H groups in total. The van der Waals surface area contributed by atoms with Gasteiger partial charge in [-0.15, -0.1) is 0 Å². The molecule has 0 fully saturated rings. The third-order valence-corrected chi connectivity index (χ3v) is 5.91. The lowest BCUT2D eigenvalue weighted by atomic mass is 10.2. The Hall–Kier alpha value is -4.59. The van der Waals surface area contributed by atoms with E-state index in [1.54, 1.807) is 4.57 Å². The standard InChI is InChI=1S/C26H21N5O3/c1-15-6-9-17(10-7-15)31-24(27)22(23-25(31)30-19-5-3-2-4-18(19)29-23)26(32)28-13-16-8-11-20-21(12-16)34-14-33-20/h2-12H,13-14,27H2,1H3,(H,28,32). The van der Waals surface area contributed by atoms with E-state index in [4.69, 9.17) is 25.2 Å². The number of carbonyl (C=O) groups is 1. The van der Waals surface area contributed by atoms with E-state index >= 15 is 0 Å². The Balaban J connectivity index is 1.44. The highest BCUT2D eigenvalue weighted by Gasteiger charge is 2.25. The lowest BCUT2D eigenvalue weighted by molar-refractivity contribution is 0.0953. The number of nitrogens with one attached hydrogen (secondary N) is 1. The highest BCUT2D eigenvalue weighted by molar-refractivity contribution is 6.11. The second-order valence-electron chi connectivity index (χ2n) is 8.19. The van der Waals surface area contributed by atoms with Crippen LogP contribution in [0.1, 0.15) is 21.5 Å². The number of nitrogen functional groups attached to an aromatic ring is 1. The Labute approximate surface area is 194 Å². The Morgan fingerprint density at radius 2 is 1.74 bits per heavy atom. The van der Waals surface area contributed by atoms with Crippen LogP contribution in [0.3, 0.4) is 0 Å². The predicted molar refractivity (Wildman–Crippen MR) is 129 cm³/mol. The van der Waals surface area contributed by atoms with Crippen molar-refractivity contribution in [3.63, 3.8) is 0 Å². The molecule has 8 nitrogen and oxygen atoms in total. The summed E-state index contributed by atoms with van der Waals surface area (Å²) in [6.07, 6.45) is 0. The van der Waals surface area contributed by atoms with Crippen LogP contribution in [0.25, 0.3) is 27.9 Å². The highest BCUT2D eigenvalue weighted by Crippen LogP contribution is 2.33. The van der Waals surface area contributed by atoms with Crippen LogP contribution in [0, 0.1) is 6.92 Å². The highest BCUT2D eigenvalue weighted by atomic mass is 16.7. The number of rotatable bonds is 4. The number of aromatic nitrogens is 3. The summed E-state index contributed by atoms with van der Waals surface area (Å²) in [7, 11) is 0. The van der Waals surface area contributed by atoms with Crippen LogP contribution in [0.2, 0.25) is 0 Å². The van der Waals surface area contributed by atoms with Gasteiger partial charge < -0.3 is 20.5 Å². The molecule has 0 spiro atoms. The first-order valence-corrected chi connectivity index (χ1v) is 10.9. The molecule has 168 valence electrons. The SMILES string of the molecule is Cc1ccc(-n2c(N)c(C(=O)NCc3ccc4c(c3)OCO4)c3nc4ccccc4nc32)cc1. The van der Waals surface area contributed by atoms with Crippen LogP contribution in [-0.4, -0.2) is 27.2 Å². The zero-order valence-electron chi connectivity index (χ0n) is 18.4. The second-order valence-corrected chi connectivity index (χ2v) is 8.19. The van der Waals surface area contributed by atoms with Gasteiger partial charge in [0, 0.05) is 12.2 Å². The van der Waals surface area contributed by atoms with Gasteiger partial charge in [-0.3, -0.25) is 9.36 Å². The molecule has 5 aromatic rings. The van der Waals surface area contributed by atoms with Gasteiger partial charge in [-0.1, -0.05) is 35.9 Å². The lowest BCUT2D eigenvalue weighted by Gasteiger charge is -2.09. The van der Waals surface area contributed by atoms with Crippen molar-refractivity contribution in [2.24, 2.45) is 0 Å². The number of aryl methyl sites for hydroxylation is 1. The van der Waals surface area contributed by atoms with E-state index in [1.165, 1.54) is 0 Å². The summed E-state index contributed by atoms with van der Waals surface area (Å²) >= 11 is 0. The number of para-hydroxylation sites is 2. The van der Waals surface area contributed by atoms with Crippen LogP contribution in [0.15, 0.2) is 66.7 Å². The van der Waals surface area contributed by atoms with E-state index in [0.717, 1.165) is 22.3 Å². The maximum absolute atomic E-state index is 13.4. The van der Waals surface area contributed by atoms with E-state index in [9.17, 15) is 4.79 Å². The Morgan fingerprint density at radius 3 is 2.53 bits per heavy atom. The third kappa shape index (κ3) is 3.27.